The minimum Gasteiger partial charge on any atom is -0.481 e. The summed E-state index contributed by atoms with van der Waals surface area (Å²) in [5, 5.41) is 5.59. The molecule has 1 aromatic heterocycles. The number of amides is 2. The number of aryl methyl sites for hydroxylation is 2. The lowest BCUT2D eigenvalue weighted by atomic mass is 10.2. The molecular formula is C26H29N3O4. The number of hydrogen-bond donors (Lipinski definition) is 2. The molecule has 0 fully saturated rings. The largest absolute Gasteiger partial charge is 0.481 e. The van der Waals surface area contributed by atoms with Crippen molar-refractivity contribution in [1.29, 1.82) is 0 Å². The van der Waals surface area contributed by atoms with Crippen molar-refractivity contribution in [3.63, 3.8) is 0 Å². The first-order valence-electron chi connectivity index (χ1n) is 10.8. The summed E-state index contributed by atoms with van der Waals surface area (Å²) in [6, 6.07) is 18.5. The fourth-order valence-electron chi connectivity index (χ4n) is 2.96. The number of pyridine rings is 1. The van der Waals surface area contributed by atoms with Gasteiger partial charge in [-0.3, -0.25) is 9.59 Å². The molecule has 0 aliphatic rings. The van der Waals surface area contributed by atoms with Gasteiger partial charge in [0.2, 0.25) is 0 Å². The Labute approximate surface area is 194 Å². The maximum absolute atomic E-state index is 12.5. The smallest absolute Gasteiger partial charge is 0.266 e. The van der Waals surface area contributed by atoms with Crippen LogP contribution in [0.15, 0.2) is 66.9 Å². The Morgan fingerprint density at radius 3 is 1.88 bits per heavy atom. The van der Waals surface area contributed by atoms with Gasteiger partial charge in [-0.1, -0.05) is 35.4 Å². The first-order chi connectivity index (χ1) is 15.8. The molecule has 2 amide bonds. The molecule has 7 nitrogen and oxygen atoms in total. The van der Waals surface area contributed by atoms with E-state index in [0.29, 0.717) is 17.3 Å². The Morgan fingerprint density at radius 2 is 1.33 bits per heavy atom. The zero-order valence-corrected chi connectivity index (χ0v) is 19.3. The van der Waals surface area contributed by atoms with Gasteiger partial charge in [-0.05, 0) is 69.7 Å². The fourth-order valence-corrected chi connectivity index (χ4v) is 2.96. The molecule has 33 heavy (non-hydrogen) atoms. The molecule has 0 saturated carbocycles. The standard InChI is InChI=1S/C26H29N3O4/c1-17-5-9-22(10-6-17)32-19(3)25(30)28-16-21-13-14-27-24(15-21)29-26(31)20(4)33-23-11-7-18(2)8-12-23/h5-15,19-20H,16H2,1-4H3,(H,28,30)(H,27,29,31)/t19-,20-/m0/s1. The SMILES string of the molecule is Cc1ccc(O[C@@H](C)C(=O)NCc2ccnc(NC(=O)[C@H](C)Oc3ccc(C)cc3)c2)cc1. The van der Waals surface area contributed by atoms with Gasteiger partial charge in [0.1, 0.15) is 17.3 Å². The van der Waals surface area contributed by atoms with Crippen molar-refractivity contribution >= 4 is 17.6 Å². The van der Waals surface area contributed by atoms with E-state index in [2.05, 4.69) is 15.6 Å². The van der Waals surface area contributed by atoms with Gasteiger partial charge < -0.3 is 20.1 Å². The van der Waals surface area contributed by atoms with Crippen LogP contribution in [0.1, 0.15) is 30.5 Å². The average Bonchev–Trinajstić information content (AvgIpc) is 2.80. The van der Waals surface area contributed by atoms with Gasteiger partial charge in [-0.25, -0.2) is 4.98 Å². The highest BCUT2D eigenvalue weighted by molar-refractivity contribution is 5.93. The summed E-state index contributed by atoms with van der Waals surface area (Å²) in [4.78, 5) is 29.1. The number of ether oxygens (including phenoxy) is 2. The molecule has 0 spiro atoms. The molecular weight excluding hydrogens is 418 g/mol. The first kappa shape index (κ1) is 23.8. The fraction of sp³-hybridized carbons (Fsp3) is 0.269. The van der Waals surface area contributed by atoms with Gasteiger partial charge in [0.05, 0.1) is 0 Å². The Hall–Kier alpha value is -3.87. The predicted octanol–water partition coefficient (Wildman–Crippen LogP) is 4.19. The summed E-state index contributed by atoms with van der Waals surface area (Å²) in [5.74, 6) is 1.09. The molecule has 7 heteroatoms. The molecule has 0 saturated heterocycles. The second-order valence-corrected chi connectivity index (χ2v) is 7.90. The third-order valence-corrected chi connectivity index (χ3v) is 4.95. The van der Waals surface area contributed by atoms with Crippen molar-refractivity contribution in [3.05, 3.63) is 83.6 Å². The van der Waals surface area contributed by atoms with Gasteiger partial charge in [-0.15, -0.1) is 0 Å². The number of nitrogens with one attached hydrogen (secondary N) is 2. The molecule has 1 heterocycles. The lowest BCUT2D eigenvalue weighted by Gasteiger charge is -2.16. The Balaban J connectivity index is 1.50. The van der Waals surface area contributed by atoms with E-state index < -0.39 is 12.2 Å². The zero-order chi connectivity index (χ0) is 23.8. The normalized spacial score (nSPS) is 12.4. The maximum Gasteiger partial charge on any atom is 0.266 e. The van der Waals surface area contributed by atoms with Crippen molar-refractivity contribution < 1.29 is 19.1 Å². The number of nitrogens with zero attached hydrogens (tertiary/aromatic N) is 1. The van der Waals surface area contributed by atoms with Crippen LogP contribution in [0.3, 0.4) is 0 Å². The van der Waals surface area contributed by atoms with Crippen molar-refractivity contribution in [3.8, 4) is 11.5 Å². The molecule has 3 aromatic rings. The number of carbonyl (C=O) groups excluding carboxylic acids is 2. The number of hydrogen-bond acceptors (Lipinski definition) is 5. The highest BCUT2D eigenvalue weighted by Crippen LogP contribution is 2.15. The number of aromatic nitrogens is 1. The summed E-state index contributed by atoms with van der Waals surface area (Å²) in [6.45, 7) is 7.63. The van der Waals surface area contributed by atoms with E-state index >= 15 is 0 Å². The van der Waals surface area contributed by atoms with E-state index in [1.807, 2.05) is 62.4 Å². The van der Waals surface area contributed by atoms with Crippen LogP contribution in [0.4, 0.5) is 5.82 Å². The third-order valence-electron chi connectivity index (χ3n) is 4.95. The van der Waals surface area contributed by atoms with Crippen molar-refractivity contribution in [2.75, 3.05) is 5.32 Å². The summed E-state index contributed by atoms with van der Waals surface area (Å²) in [6.07, 6.45) is 0.237. The number of carbonyl (C=O) groups is 2. The van der Waals surface area contributed by atoms with Gasteiger partial charge in [0.25, 0.3) is 11.8 Å². The van der Waals surface area contributed by atoms with E-state index in [0.717, 1.165) is 16.7 Å². The van der Waals surface area contributed by atoms with E-state index in [4.69, 9.17) is 9.47 Å². The number of benzene rings is 2. The Kier molecular flexibility index (Phi) is 8.02. The van der Waals surface area contributed by atoms with Crippen LogP contribution in [-0.2, 0) is 16.1 Å². The molecule has 0 radical (unpaired) electrons. The van der Waals surface area contributed by atoms with Crippen LogP contribution in [0.5, 0.6) is 11.5 Å². The van der Waals surface area contributed by atoms with Crippen LogP contribution in [0.25, 0.3) is 0 Å². The molecule has 2 N–H and O–H groups in total. The minimum atomic E-state index is -0.697. The second kappa shape index (κ2) is 11.1. The van der Waals surface area contributed by atoms with Crippen molar-refractivity contribution in [1.82, 2.24) is 10.3 Å². The van der Waals surface area contributed by atoms with Crippen molar-refractivity contribution in [2.45, 2.75) is 46.4 Å². The van der Waals surface area contributed by atoms with Gasteiger partial charge >= 0.3 is 0 Å². The zero-order valence-electron chi connectivity index (χ0n) is 19.3. The van der Waals surface area contributed by atoms with Gasteiger partial charge in [-0.2, -0.15) is 0 Å². The number of anilines is 1. The van der Waals surface area contributed by atoms with Crippen LogP contribution in [0, 0.1) is 13.8 Å². The molecule has 2 aromatic carbocycles. The van der Waals surface area contributed by atoms with E-state index in [1.165, 1.54) is 0 Å². The summed E-state index contributed by atoms with van der Waals surface area (Å²) >= 11 is 0. The monoisotopic (exact) mass is 447 g/mol. The summed E-state index contributed by atoms with van der Waals surface area (Å²) in [7, 11) is 0. The van der Waals surface area contributed by atoms with Gasteiger partial charge in [0.15, 0.2) is 12.2 Å². The van der Waals surface area contributed by atoms with Crippen LogP contribution < -0.4 is 20.1 Å². The third kappa shape index (κ3) is 7.35. The highest BCUT2D eigenvalue weighted by atomic mass is 16.5. The molecule has 0 aliphatic carbocycles. The quantitative estimate of drug-likeness (QED) is 0.513. The van der Waals surface area contributed by atoms with Crippen LogP contribution in [0.2, 0.25) is 0 Å². The van der Waals surface area contributed by atoms with E-state index in [-0.39, 0.29) is 18.4 Å². The van der Waals surface area contributed by atoms with Crippen LogP contribution >= 0.6 is 0 Å². The molecule has 3 rings (SSSR count). The average molecular weight is 448 g/mol. The molecule has 172 valence electrons. The van der Waals surface area contributed by atoms with Gasteiger partial charge in [0, 0.05) is 12.7 Å². The number of rotatable bonds is 9. The Morgan fingerprint density at radius 1 is 0.818 bits per heavy atom. The minimum absolute atomic E-state index is 0.238. The summed E-state index contributed by atoms with van der Waals surface area (Å²) < 4.78 is 11.4. The molecule has 2 atom stereocenters. The topological polar surface area (TPSA) is 89.5 Å². The van der Waals surface area contributed by atoms with Crippen molar-refractivity contribution in [2.24, 2.45) is 0 Å². The lowest BCUT2D eigenvalue weighted by Crippen LogP contribution is -2.36. The van der Waals surface area contributed by atoms with E-state index in [1.54, 1.807) is 32.2 Å². The molecule has 0 aliphatic heterocycles. The predicted molar refractivity (Wildman–Crippen MR) is 127 cm³/mol. The van der Waals surface area contributed by atoms with Crippen LogP contribution in [-0.4, -0.2) is 29.0 Å². The lowest BCUT2D eigenvalue weighted by molar-refractivity contribution is -0.127. The first-order valence-corrected chi connectivity index (χ1v) is 10.8. The second-order valence-electron chi connectivity index (χ2n) is 7.90. The highest BCUT2D eigenvalue weighted by Gasteiger charge is 2.17. The maximum atomic E-state index is 12.5. The molecule has 0 bridgehead atoms. The molecule has 0 unspecified atom stereocenters. The Bertz CT molecular complexity index is 1080. The van der Waals surface area contributed by atoms with E-state index in [9.17, 15) is 9.59 Å². The summed E-state index contributed by atoms with van der Waals surface area (Å²) in [5.41, 5.74) is 3.03.